The van der Waals surface area contributed by atoms with Gasteiger partial charge < -0.3 is 4.57 Å². The molecule has 2 aromatic carbocycles. The second kappa shape index (κ2) is 7.23. The highest BCUT2D eigenvalue weighted by molar-refractivity contribution is 7.90. The third-order valence-electron chi connectivity index (χ3n) is 3.74. The Balaban J connectivity index is 1.87. The smallest absolute Gasteiger partial charge is 0.285 e. The molecule has 1 N–H and O–H groups in total. The van der Waals surface area contributed by atoms with E-state index in [0.717, 1.165) is 0 Å². The van der Waals surface area contributed by atoms with E-state index in [1.807, 2.05) is 10.8 Å². The van der Waals surface area contributed by atoms with Crippen LogP contribution < -0.4 is 4.72 Å². The van der Waals surface area contributed by atoms with Crippen molar-refractivity contribution in [2.75, 3.05) is 0 Å². The van der Waals surface area contributed by atoms with Gasteiger partial charge in [0.15, 0.2) is 0 Å². The number of nitrogens with zero attached hydrogens (tertiary/aromatic N) is 3. The summed E-state index contributed by atoms with van der Waals surface area (Å²) in [5.41, 5.74) is 0.870. The number of sulfonamides is 1. The fourth-order valence-corrected chi connectivity index (χ4v) is 3.59. The molecule has 0 aliphatic carbocycles. The highest BCUT2D eigenvalue weighted by Gasteiger charge is 2.22. The molecule has 27 heavy (non-hydrogen) atoms. The minimum atomic E-state index is -4.09. The molecule has 1 amide bonds. The Hall–Kier alpha value is -3.15. The van der Waals surface area contributed by atoms with Gasteiger partial charge in [-0.2, -0.15) is 5.26 Å². The van der Waals surface area contributed by atoms with Gasteiger partial charge in [-0.1, -0.05) is 23.7 Å². The molecule has 0 radical (unpaired) electrons. The van der Waals surface area contributed by atoms with Crippen LogP contribution in [0.25, 0.3) is 11.4 Å². The maximum absolute atomic E-state index is 12.4. The first-order valence-electron chi connectivity index (χ1n) is 7.67. The summed E-state index contributed by atoms with van der Waals surface area (Å²) in [5, 5.41) is 9.24. The Kier molecular flexibility index (Phi) is 4.99. The Morgan fingerprint density at radius 3 is 2.48 bits per heavy atom. The number of rotatable bonds is 4. The molecule has 7 nitrogen and oxygen atoms in total. The molecular weight excluding hydrogens is 388 g/mol. The standard InChI is InChI=1S/C18H13ClN4O3S/c1-23-11-16(21-17(23)14-4-2-3-5-15(14)19)18(24)22-27(25,26)13-8-6-12(10-20)7-9-13/h2-9,11H,1H3,(H,22,24). The van der Waals surface area contributed by atoms with Gasteiger partial charge in [0.05, 0.1) is 21.6 Å². The van der Waals surface area contributed by atoms with Crippen molar-refractivity contribution in [3.63, 3.8) is 0 Å². The van der Waals surface area contributed by atoms with Gasteiger partial charge >= 0.3 is 0 Å². The van der Waals surface area contributed by atoms with Gasteiger partial charge in [0.1, 0.15) is 11.5 Å². The fourth-order valence-electron chi connectivity index (χ4n) is 2.41. The van der Waals surface area contributed by atoms with Gasteiger partial charge in [-0.25, -0.2) is 18.1 Å². The normalized spacial score (nSPS) is 11.0. The summed E-state index contributed by atoms with van der Waals surface area (Å²) in [4.78, 5) is 16.5. The van der Waals surface area contributed by atoms with Crippen molar-refractivity contribution in [2.45, 2.75) is 4.90 Å². The average Bonchev–Trinajstić information content (AvgIpc) is 3.03. The van der Waals surface area contributed by atoms with E-state index in [0.29, 0.717) is 22.0 Å². The number of hydrogen-bond donors (Lipinski definition) is 1. The summed E-state index contributed by atoms with van der Waals surface area (Å²) in [6, 6.07) is 14.1. The summed E-state index contributed by atoms with van der Waals surface area (Å²) in [6.07, 6.45) is 1.42. The lowest BCUT2D eigenvalue weighted by atomic mass is 10.2. The van der Waals surface area contributed by atoms with Gasteiger partial charge in [-0.05, 0) is 36.4 Å². The maximum Gasteiger partial charge on any atom is 0.285 e. The van der Waals surface area contributed by atoms with Gasteiger partial charge in [0.25, 0.3) is 15.9 Å². The molecule has 3 aromatic rings. The molecule has 0 aliphatic heterocycles. The van der Waals surface area contributed by atoms with Crippen molar-refractivity contribution in [1.29, 1.82) is 5.26 Å². The summed E-state index contributed by atoms with van der Waals surface area (Å²) >= 11 is 6.16. The summed E-state index contributed by atoms with van der Waals surface area (Å²) in [6.45, 7) is 0. The molecule has 9 heteroatoms. The molecular formula is C18H13ClN4O3S. The molecule has 1 heterocycles. The lowest BCUT2D eigenvalue weighted by Gasteiger charge is -2.05. The van der Waals surface area contributed by atoms with Crippen LogP contribution in [-0.2, 0) is 17.1 Å². The summed E-state index contributed by atoms with van der Waals surface area (Å²) in [5.74, 6) is -0.435. The van der Waals surface area contributed by atoms with E-state index in [2.05, 4.69) is 4.98 Å². The summed E-state index contributed by atoms with van der Waals surface area (Å²) in [7, 11) is -2.42. The molecule has 0 saturated carbocycles. The number of carbonyl (C=O) groups excluding carboxylic acids is 1. The van der Waals surface area contributed by atoms with E-state index < -0.39 is 15.9 Å². The Labute approximate surface area is 160 Å². The minimum Gasteiger partial charge on any atom is -0.333 e. The van der Waals surface area contributed by atoms with Crippen LogP contribution in [-0.4, -0.2) is 23.9 Å². The zero-order valence-corrected chi connectivity index (χ0v) is 15.6. The van der Waals surface area contributed by atoms with E-state index >= 15 is 0 Å². The molecule has 0 atom stereocenters. The maximum atomic E-state index is 12.4. The number of imidazole rings is 1. The van der Waals surface area contributed by atoms with Gasteiger partial charge in [0.2, 0.25) is 0 Å². The summed E-state index contributed by atoms with van der Waals surface area (Å²) < 4.78 is 28.3. The van der Waals surface area contributed by atoms with Crippen LogP contribution in [0.15, 0.2) is 59.6 Å². The average molecular weight is 401 g/mol. The number of amides is 1. The monoisotopic (exact) mass is 400 g/mol. The molecule has 0 saturated heterocycles. The predicted octanol–water partition coefficient (Wildman–Crippen LogP) is 2.73. The number of carbonyl (C=O) groups is 1. The number of benzene rings is 2. The van der Waals surface area contributed by atoms with E-state index in [4.69, 9.17) is 16.9 Å². The third-order valence-corrected chi connectivity index (χ3v) is 5.42. The van der Waals surface area contributed by atoms with E-state index in [1.165, 1.54) is 30.5 Å². The van der Waals surface area contributed by atoms with Crippen LogP contribution in [0.4, 0.5) is 0 Å². The number of nitrogens with one attached hydrogen (secondary N) is 1. The topological polar surface area (TPSA) is 105 Å². The van der Waals surface area contributed by atoms with E-state index in [-0.39, 0.29) is 10.6 Å². The minimum absolute atomic E-state index is 0.0651. The Bertz CT molecular complexity index is 1160. The van der Waals surface area contributed by atoms with Crippen molar-refractivity contribution in [2.24, 2.45) is 7.05 Å². The first-order chi connectivity index (χ1) is 12.8. The second-order valence-electron chi connectivity index (χ2n) is 5.61. The van der Waals surface area contributed by atoms with E-state index in [9.17, 15) is 13.2 Å². The lowest BCUT2D eigenvalue weighted by Crippen LogP contribution is -2.30. The molecule has 1 aromatic heterocycles. The highest BCUT2D eigenvalue weighted by atomic mass is 35.5. The van der Waals surface area contributed by atoms with Gasteiger partial charge in [-0.15, -0.1) is 0 Å². The zero-order chi connectivity index (χ0) is 19.6. The van der Waals surface area contributed by atoms with Crippen LogP contribution in [0.1, 0.15) is 16.1 Å². The predicted molar refractivity (Wildman–Crippen MR) is 99.5 cm³/mol. The van der Waals surface area contributed by atoms with Crippen LogP contribution in [0.3, 0.4) is 0 Å². The fraction of sp³-hybridized carbons (Fsp3) is 0.0556. The van der Waals surface area contributed by atoms with Crippen molar-refractivity contribution in [1.82, 2.24) is 14.3 Å². The van der Waals surface area contributed by atoms with Crippen LogP contribution >= 0.6 is 11.6 Å². The van der Waals surface area contributed by atoms with Gasteiger partial charge in [0, 0.05) is 18.8 Å². The van der Waals surface area contributed by atoms with E-state index in [1.54, 1.807) is 35.9 Å². The SMILES string of the molecule is Cn1cc(C(=O)NS(=O)(=O)c2ccc(C#N)cc2)nc1-c1ccccc1Cl. The number of aryl methyl sites for hydroxylation is 1. The number of aromatic nitrogens is 2. The molecule has 0 fully saturated rings. The highest BCUT2D eigenvalue weighted by Crippen LogP contribution is 2.26. The number of nitriles is 1. The lowest BCUT2D eigenvalue weighted by molar-refractivity contribution is 0.0977. The molecule has 0 spiro atoms. The second-order valence-corrected chi connectivity index (χ2v) is 7.70. The number of halogens is 1. The zero-order valence-electron chi connectivity index (χ0n) is 14.0. The van der Waals surface area contributed by atoms with Crippen molar-refractivity contribution in [3.05, 3.63) is 71.0 Å². The molecule has 0 aliphatic rings. The van der Waals surface area contributed by atoms with Gasteiger partial charge in [-0.3, -0.25) is 4.79 Å². The van der Waals surface area contributed by atoms with Crippen molar-refractivity contribution < 1.29 is 13.2 Å². The first-order valence-corrected chi connectivity index (χ1v) is 9.53. The van der Waals surface area contributed by atoms with Crippen molar-refractivity contribution >= 4 is 27.5 Å². The molecule has 0 unspecified atom stereocenters. The third kappa shape index (κ3) is 3.84. The van der Waals surface area contributed by atoms with Crippen molar-refractivity contribution in [3.8, 4) is 17.5 Å². The van der Waals surface area contributed by atoms with Crippen LogP contribution in [0.5, 0.6) is 0 Å². The Morgan fingerprint density at radius 2 is 1.85 bits per heavy atom. The van der Waals surface area contributed by atoms with Crippen LogP contribution in [0.2, 0.25) is 5.02 Å². The first kappa shape index (κ1) is 18.6. The largest absolute Gasteiger partial charge is 0.333 e. The Morgan fingerprint density at radius 1 is 1.19 bits per heavy atom. The molecule has 3 rings (SSSR count). The number of hydrogen-bond acceptors (Lipinski definition) is 5. The quantitative estimate of drug-likeness (QED) is 0.724. The van der Waals surface area contributed by atoms with Crippen LogP contribution in [0, 0.1) is 11.3 Å². The molecule has 0 bridgehead atoms. The molecule has 136 valence electrons.